The Labute approximate surface area is 187 Å². The van der Waals surface area contributed by atoms with Gasteiger partial charge in [-0.2, -0.15) is 0 Å². The van der Waals surface area contributed by atoms with E-state index in [1.807, 2.05) is 34.1 Å². The molecule has 0 unspecified atom stereocenters. The lowest BCUT2D eigenvalue weighted by atomic mass is 9.99. The van der Waals surface area contributed by atoms with Gasteiger partial charge in [0.15, 0.2) is 0 Å². The molecule has 0 spiro atoms. The van der Waals surface area contributed by atoms with Crippen LogP contribution in [-0.2, 0) is 0 Å². The van der Waals surface area contributed by atoms with Crippen molar-refractivity contribution in [3.05, 3.63) is 70.0 Å². The average Bonchev–Trinajstić information content (AvgIpc) is 3.32. The van der Waals surface area contributed by atoms with Crippen molar-refractivity contribution >= 4 is 34.5 Å². The zero-order valence-corrected chi connectivity index (χ0v) is 18.2. The monoisotopic (exact) mass is 439 g/mol. The second-order valence-corrected chi connectivity index (χ2v) is 8.37. The van der Waals surface area contributed by atoms with Crippen LogP contribution in [0.5, 0.6) is 0 Å². The van der Waals surface area contributed by atoms with Crippen molar-refractivity contribution in [2.75, 3.05) is 29.4 Å². The number of benzene rings is 1. The Bertz CT molecular complexity index is 986. The van der Waals surface area contributed by atoms with Crippen molar-refractivity contribution in [1.29, 1.82) is 0 Å². The van der Waals surface area contributed by atoms with Crippen LogP contribution in [0.1, 0.15) is 37.7 Å². The van der Waals surface area contributed by atoms with Gasteiger partial charge in [0.2, 0.25) is 11.6 Å². The van der Waals surface area contributed by atoms with E-state index in [1.165, 1.54) is 11.9 Å². The first kappa shape index (κ1) is 21.3. The average molecular weight is 440 g/mol. The van der Waals surface area contributed by atoms with Gasteiger partial charge in [0, 0.05) is 30.7 Å². The van der Waals surface area contributed by atoms with Gasteiger partial charge in [0.05, 0.1) is 4.92 Å². The summed E-state index contributed by atoms with van der Waals surface area (Å²) in [5.74, 6) is 0.780. The lowest BCUT2D eigenvalue weighted by Gasteiger charge is -2.31. The van der Waals surface area contributed by atoms with Gasteiger partial charge in [-0.25, -0.2) is 9.97 Å². The smallest absolute Gasteiger partial charge is 0.347 e. The number of rotatable bonds is 7. The quantitative estimate of drug-likeness (QED) is 0.332. The fourth-order valence-corrected chi connectivity index (χ4v) is 4.64. The van der Waals surface area contributed by atoms with E-state index < -0.39 is 0 Å². The minimum atomic E-state index is -0.339. The molecule has 4 rings (SSSR count). The maximum atomic E-state index is 12.1. The molecule has 0 bridgehead atoms. The van der Waals surface area contributed by atoms with E-state index in [-0.39, 0.29) is 16.7 Å². The first-order chi connectivity index (χ1) is 15.1. The lowest BCUT2D eigenvalue weighted by molar-refractivity contribution is -0.383. The Balaban J connectivity index is 1.64. The molecule has 162 valence electrons. The second kappa shape index (κ2) is 9.47. The lowest BCUT2D eigenvalue weighted by Crippen LogP contribution is -2.36. The fraction of sp³-hybridized carbons (Fsp3) is 0.391. The van der Waals surface area contributed by atoms with Crippen LogP contribution in [0.4, 0.5) is 17.3 Å². The molecular formula is C23H26ClN5O2. The van der Waals surface area contributed by atoms with Crippen LogP contribution in [0.15, 0.2) is 49.3 Å². The summed E-state index contributed by atoms with van der Waals surface area (Å²) < 4.78 is 0. The number of halogens is 1. The molecule has 0 amide bonds. The molecule has 1 saturated carbocycles. The largest absolute Gasteiger partial charge is 0.353 e. The first-order valence-electron chi connectivity index (χ1n) is 10.7. The number of nitro groups is 1. The maximum absolute atomic E-state index is 12.1. The molecule has 2 heterocycles. The third-order valence-corrected chi connectivity index (χ3v) is 6.31. The van der Waals surface area contributed by atoms with Gasteiger partial charge < -0.3 is 9.80 Å². The summed E-state index contributed by atoms with van der Waals surface area (Å²) in [6.45, 7) is 5.58. The molecule has 8 heteroatoms. The van der Waals surface area contributed by atoms with Gasteiger partial charge in [0.25, 0.3) is 0 Å². The van der Waals surface area contributed by atoms with Gasteiger partial charge in [0.1, 0.15) is 6.33 Å². The van der Waals surface area contributed by atoms with Gasteiger partial charge in [-0.15, -0.1) is 6.58 Å². The zero-order valence-electron chi connectivity index (χ0n) is 17.4. The van der Waals surface area contributed by atoms with Crippen LogP contribution in [0, 0.1) is 10.1 Å². The van der Waals surface area contributed by atoms with Gasteiger partial charge in [-0.05, 0) is 42.5 Å². The SMILES string of the molecule is C=CCN(c1ncnc(N2CC=C(c3ccc(Cl)cc3)CC2)c1[N+](=O)[O-])C1CCCC1. The normalized spacial score (nSPS) is 16.8. The van der Waals surface area contributed by atoms with Crippen LogP contribution in [-0.4, -0.2) is 40.6 Å². The Morgan fingerprint density at radius 2 is 2.00 bits per heavy atom. The third kappa shape index (κ3) is 4.56. The molecule has 2 aliphatic rings. The van der Waals surface area contributed by atoms with Crippen molar-refractivity contribution in [3.63, 3.8) is 0 Å². The van der Waals surface area contributed by atoms with E-state index in [0.29, 0.717) is 36.3 Å². The van der Waals surface area contributed by atoms with Crippen LogP contribution in [0.2, 0.25) is 5.02 Å². The van der Waals surface area contributed by atoms with Crippen LogP contribution >= 0.6 is 11.6 Å². The van der Waals surface area contributed by atoms with E-state index in [2.05, 4.69) is 22.6 Å². The van der Waals surface area contributed by atoms with E-state index in [9.17, 15) is 10.1 Å². The summed E-state index contributed by atoms with van der Waals surface area (Å²) in [6, 6.07) is 8.01. The molecule has 1 aromatic carbocycles. The van der Waals surface area contributed by atoms with Gasteiger partial charge >= 0.3 is 5.69 Å². The number of aromatic nitrogens is 2. The Kier molecular flexibility index (Phi) is 6.51. The maximum Gasteiger partial charge on any atom is 0.353 e. The van der Waals surface area contributed by atoms with Crippen LogP contribution in [0.3, 0.4) is 0 Å². The van der Waals surface area contributed by atoms with Crippen molar-refractivity contribution in [2.45, 2.75) is 38.1 Å². The molecule has 0 saturated heterocycles. The number of hydrogen-bond acceptors (Lipinski definition) is 6. The van der Waals surface area contributed by atoms with E-state index in [1.54, 1.807) is 6.08 Å². The molecule has 1 fully saturated rings. The van der Waals surface area contributed by atoms with Crippen molar-refractivity contribution in [2.24, 2.45) is 0 Å². The Morgan fingerprint density at radius 3 is 2.61 bits per heavy atom. The molecule has 0 atom stereocenters. The molecule has 1 aromatic heterocycles. The highest BCUT2D eigenvalue weighted by molar-refractivity contribution is 6.30. The molecule has 1 aliphatic carbocycles. The van der Waals surface area contributed by atoms with E-state index in [0.717, 1.165) is 37.7 Å². The van der Waals surface area contributed by atoms with E-state index in [4.69, 9.17) is 11.6 Å². The second-order valence-electron chi connectivity index (χ2n) is 7.94. The molecule has 7 nitrogen and oxygen atoms in total. The summed E-state index contributed by atoms with van der Waals surface area (Å²) in [5.41, 5.74) is 2.32. The number of nitrogens with zero attached hydrogens (tertiary/aromatic N) is 5. The topological polar surface area (TPSA) is 75.4 Å². The molecule has 0 radical (unpaired) electrons. The standard InChI is InChI=1S/C23H26ClN5O2/c1-2-13-28(20-5-3-4-6-20)23-21(29(30)31)22(25-16-26-23)27-14-11-18(12-15-27)17-7-9-19(24)10-8-17/h2,7-11,16,20H,1,3-6,12-15H2. The predicted octanol–water partition coefficient (Wildman–Crippen LogP) is 5.27. The highest BCUT2D eigenvalue weighted by Gasteiger charge is 2.34. The Hall–Kier alpha value is -2.93. The first-order valence-corrected chi connectivity index (χ1v) is 11.0. The van der Waals surface area contributed by atoms with Gasteiger partial charge in [-0.1, -0.05) is 48.7 Å². The fourth-order valence-electron chi connectivity index (χ4n) is 4.52. The summed E-state index contributed by atoms with van der Waals surface area (Å²) in [6.07, 6.45) is 10.4. The van der Waals surface area contributed by atoms with Crippen molar-refractivity contribution < 1.29 is 4.92 Å². The van der Waals surface area contributed by atoms with Crippen LogP contribution < -0.4 is 9.80 Å². The molecular weight excluding hydrogens is 414 g/mol. The molecule has 1 aliphatic heterocycles. The Morgan fingerprint density at radius 1 is 1.26 bits per heavy atom. The summed E-state index contributed by atoms with van der Waals surface area (Å²) in [4.78, 5) is 24.5. The highest BCUT2D eigenvalue weighted by Crippen LogP contribution is 2.38. The highest BCUT2D eigenvalue weighted by atomic mass is 35.5. The number of anilines is 2. The zero-order chi connectivity index (χ0) is 21.8. The van der Waals surface area contributed by atoms with Crippen molar-refractivity contribution in [1.82, 2.24) is 9.97 Å². The van der Waals surface area contributed by atoms with Crippen molar-refractivity contribution in [3.8, 4) is 0 Å². The van der Waals surface area contributed by atoms with E-state index >= 15 is 0 Å². The van der Waals surface area contributed by atoms with Crippen LogP contribution in [0.25, 0.3) is 5.57 Å². The summed E-state index contributed by atoms with van der Waals surface area (Å²) in [5, 5.41) is 12.9. The molecule has 0 N–H and O–H groups in total. The number of hydrogen-bond donors (Lipinski definition) is 0. The third-order valence-electron chi connectivity index (χ3n) is 6.05. The molecule has 31 heavy (non-hydrogen) atoms. The summed E-state index contributed by atoms with van der Waals surface area (Å²) in [7, 11) is 0. The predicted molar refractivity (Wildman–Crippen MR) is 125 cm³/mol. The molecule has 2 aromatic rings. The van der Waals surface area contributed by atoms with Gasteiger partial charge in [-0.3, -0.25) is 10.1 Å². The summed E-state index contributed by atoms with van der Waals surface area (Å²) >= 11 is 5.99. The minimum Gasteiger partial charge on any atom is -0.347 e. The minimum absolute atomic E-state index is 0.0143.